The lowest BCUT2D eigenvalue weighted by atomic mass is 10.4. The average molecular weight is 158 g/mol. The SMILES string of the molecule is CNC(C#N)COCCOC. The lowest BCUT2D eigenvalue weighted by molar-refractivity contribution is 0.0660. The molecular weight excluding hydrogens is 144 g/mol. The molecule has 0 bridgehead atoms. The number of ether oxygens (including phenoxy) is 2. The van der Waals surface area contributed by atoms with E-state index in [4.69, 9.17) is 14.7 Å². The van der Waals surface area contributed by atoms with Gasteiger partial charge in [-0.3, -0.25) is 0 Å². The number of likely N-dealkylation sites (N-methyl/N-ethyl adjacent to an activating group) is 1. The van der Waals surface area contributed by atoms with Crippen LogP contribution in [0.15, 0.2) is 0 Å². The summed E-state index contributed by atoms with van der Waals surface area (Å²) >= 11 is 0. The molecular formula is C7H14N2O2. The first-order valence-electron chi connectivity index (χ1n) is 3.48. The predicted molar refractivity (Wildman–Crippen MR) is 41.2 cm³/mol. The van der Waals surface area contributed by atoms with Gasteiger partial charge in [0.1, 0.15) is 6.04 Å². The first-order valence-corrected chi connectivity index (χ1v) is 3.48. The van der Waals surface area contributed by atoms with Gasteiger partial charge in [-0.15, -0.1) is 0 Å². The molecule has 0 heterocycles. The fourth-order valence-electron chi connectivity index (χ4n) is 0.529. The van der Waals surface area contributed by atoms with Crippen LogP contribution in [0.5, 0.6) is 0 Å². The van der Waals surface area contributed by atoms with Crippen molar-refractivity contribution in [2.45, 2.75) is 6.04 Å². The van der Waals surface area contributed by atoms with Crippen molar-refractivity contribution >= 4 is 0 Å². The van der Waals surface area contributed by atoms with Crippen molar-refractivity contribution in [2.24, 2.45) is 0 Å². The van der Waals surface area contributed by atoms with E-state index in [1.807, 2.05) is 0 Å². The summed E-state index contributed by atoms with van der Waals surface area (Å²) in [5.74, 6) is 0. The Labute approximate surface area is 67.1 Å². The van der Waals surface area contributed by atoms with E-state index >= 15 is 0 Å². The quantitative estimate of drug-likeness (QED) is 0.542. The maximum atomic E-state index is 8.46. The Morgan fingerprint density at radius 3 is 2.73 bits per heavy atom. The predicted octanol–water partition coefficient (Wildman–Crippen LogP) is -0.239. The van der Waals surface area contributed by atoms with E-state index in [1.54, 1.807) is 14.2 Å². The van der Waals surface area contributed by atoms with Gasteiger partial charge in [0.05, 0.1) is 25.9 Å². The van der Waals surface area contributed by atoms with Crippen molar-refractivity contribution in [3.63, 3.8) is 0 Å². The number of hydrogen-bond donors (Lipinski definition) is 1. The zero-order valence-electron chi connectivity index (χ0n) is 6.96. The Hall–Kier alpha value is -0.630. The van der Waals surface area contributed by atoms with Crippen molar-refractivity contribution in [1.82, 2.24) is 5.32 Å². The largest absolute Gasteiger partial charge is 0.382 e. The molecule has 0 aliphatic rings. The molecule has 0 fully saturated rings. The molecule has 1 atom stereocenters. The number of nitrogens with one attached hydrogen (secondary N) is 1. The Kier molecular flexibility index (Phi) is 7.05. The standard InChI is InChI=1S/C7H14N2O2/c1-9-7(5-8)6-11-4-3-10-2/h7,9H,3-4,6H2,1-2H3. The molecule has 0 radical (unpaired) electrons. The summed E-state index contributed by atoms with van der Waals surface area (Å²) in [7, 11) is 3.34. The highest BCUT2D eigenvalue weighted by Gasteiger charge is 2.01. The molecule has 0 aliphatic heterocycles. The number of hydrogen-bond acceptors (Lipinski definition) is 4. The second-order valence-electron chi connectivity index (χ2n) is 2.04. The van der Waals surface area contributed by atoms with Crippen molar-refractivity contribution in [2.75, 3.05) is 34.0 Å². The van der Waals surface area contributed by atoms with Crippen molar-refractivity contribution in [3.05, 3.63) is 0 Å². The van der Waals surface area contributed by atoms with E-state index in [9.17, 15) is 0 Å². The van der Waals surface area contributed by atoms with E-state index in [-0.39, 0.29) is 6.04 Å². The third-order valence-electron chi connectivity index (χ3n) is 1.22. The number of nitrogens with zero attached hydrogens (tertiary/aromatic N) is 1. The summed E-state index contributed by atoms with van der Waals surface area (Å²) < 4.78 is 9.87. The molecule has 0 saturated carbocycles. The summed E-state index contributed by atoms with van der Waals surface area (Å²) in [5, 5.41) is 11.3. The van der Waals surface area contributed by atoms with Crippen LogP contribution in [0.1, 0.15) is 0 Å². The molecule has 0 aromatic rings. The lowest BCUT2D eigenvalue weighted by Gasteiger charge is -2.07. The van der Waals surface area contributed by atoms with Gasteiger partial charge < -0.3 is 14.8 Å². The van der Waals surface area contributed by atoms with Gasteiger partial charge >= 0.3 is 0 Å². The molecule has 1 unspecified atom stereocenters. The van der Waals surface area contributed by atoms with Crippen LogP contribution >= 0.6 is 0 Å². The third-order valence-corrected chi connectivity index (χ3v) is 1.22. The van der Waals surface area contributed by atoms with Crippen LogP contribution in [0.25, 0.3) is 0 Å². The summed E-state index contributed by atoms with van der Waals surface area (Å²) in [6.45, 7) is 1.52. The normalized spacial score (nSPS) is 12.5. The van der Waals surface area contributed by atoms with Gasteiger partial charge in [-0.2, -0.15) is 5.26 Å². The maximum Gasteiger partial charge on any atom is 0.119 e. The van der Waals surface area contributed by atoms with Gasteiger partial charge in [0.25, 0.3) is 0 Å². The molecule has 0 aliphatic carbocycles. The molecule has 0 aromatic carbocycles. The van der Waals surface area contributed by atoms with Gasteiger partial charge in [-0.05, 0) is 7.05 Å². The van der Waals surface area contributed by atoms with Gasteiger partial charge in [0, 0.05) is 7.11 Å². The monoisotopic (exact) mass is 158 g/mol. The minimum absolute atomic E-state index is 0.216. The van der Waals surface area contributed by atoms with Gasteiger partial charge in [-0.1, -0.05) is 0 Å². The highest BCUT2D eigenvalue weighted by atomic mass is 16.5. The van der Waals surface area contributed by atoms with Crippen LogP contribution in [0.3, 0.4) is 0 Å². The molecule has 1 N–H and O–H groups in total. The van der Waals surface area contributed by atoms with Crippen LogP contribution in [0, 0.1) is 11.3 Å². The van der Waals surface area contributed by atoms with Crippen LogP contribution in [-0.2, 0) is 9.47 Å². The lowest BCUT2D eigenvalue weighted by Crippen LogP contribution is -2.29. The summed E-state index contributed by atoms with van der Waals surface area (Å²) in [6, 6.07) is 1.84. The molecule has 4 nitrogen and oxygen atoms in total. The zero-order valence-corrected chi connectivity index (χ0v) is 6.96. The molecule has 11 heavy (non-hydrogen) atoms. The second kappa shape index (κ2) is 7.48. The fraction of sp³-hybridized carbons (Fsp3) is 0.857. The van der Waals surface area contributed by atoms with E-state index in [0.717, 1.165) is 0 Å². The minimum atomic E-state index is -0.216. The summed E-state index contributed by atoms with van der Waals surface area (Å²) in [6.07, 6.45) is 0. The van der Waals surface area contributed by atoms with Gasteiger partial charge in [-0.25, -0.2) is 0 Å². The Balaban J connectivity index is 3.16. The minimum Gasteiger partial charge on any atom is -0.382 e. The topological polar surface area (TPSA) is 54.3 Å². The maximum absolute atomic E-state index is 8.46. The van der Waals surface area contributed by atoms with E-state index < -0.39 is 0 Å². The van der Waals surface area contributed by atoms with Crippen LogP contribution in [0.4, 0.5) is 0 Å². The third kappa shape index (κ3) is 5.80. The number of nitriles is 1. The molecule has 0 aromatic heterocycles. The van der Waals surface area contributed by atoms with E-state index in [2.05, 4.69) is 11.4 Å². The van der Waals surface area contributed by atoms with E-state index in [1.165, 1.54) is 0 Å². The molecule has 64 valence electrons. The number of methoxy groups -OCH3 is 1. The zero-order chi connectivity index (χ0) is 8.53. The summed E-state index contributed by atoms with van der Waals surface area (Å²) in [5.41, 5.74) is 0. The van der Waals surface area contributed by atoms with Crippen LogP contribution in [0.2, 0.25) is 0 Å². The molecule has 4 heteroatoms. The molecule has 0 saturated heterocycles. The molecule has 0 spiro atoms. The second-order valence-corrected chi connectivity index (χ2v) is 2.04. The average Bonchev–Trinajstić information content (AvgIpc) is 2.05. The Morgan fingerprint density at radius 2 is 2.27 bits per heavy atom. The highest BCUT2D eigenvalue weighted by molar-refractivity contribution is 4.88. The first-order chi connectivity index (χ1) is 5.35. The highest BCUT2D eigenvalue weighted by Crippen LogP contribution is 1.82. The fourth-order valence-corrected chi connectivity index (χ4v) is 0.529. The molecule has 0 amide bonds. The van der Waals surface area contributed by atoms with Crippen molar-refractivity contribution in [3.8, 4) is 6.07 Å². The van der Waals surface area contributed by atoms with Crippen molar-refractivity contribution < 1.29 is 9.47 Å². The van der Waals surface area contributed by atoms with Crippen LogP contribution < -0.4 is 5.32 Å². The van der Waals surface area contributed by atoms with Crippen LogP contribution in [-0.4, -0.2) is 40.0 Å². The molecule has 0 rings (SSSR count). The Bertz CT molecular complexity index is 122. The van der Waals surface area contributed by atoms with Crippen molar-refractivity contribution in [1.29, 1.82) is 5.26 Å². The van der Waals surface area contributed by atoms with Gasteiger partial charge in [0.15, 0.2) is 0 Å². The first kappa shape index (κ1) is 10.4. The van der Waals surface area contributed by atoms with Gasteiger partial charge in [0.2, 0.25) is 0 Å². The summed E-state index contributed by atoms with van der Waals surface area (Å²) in [4.78, 5) is 0. The smallest absolute Gasteiger partial charge is 0.119 e. The Morgan fingerprint density at radius 1 is 1.55 bits per heavy atom. The van der Waals surface area contributed by atoms with E-state index in [0.29, 0.717) is 19.8 Å². The number of rotatable bonds is 6.